The first-order valence-corrected chi connectivity index (χ1v) is 21.2. The lowest BCUT2D eigenvalue weighted by Crippen LogP contribution is -2.48. The summed E-state index contributed by atoms with van der Waals surface area (Å²) in [5.41, 5.74) is 1.93. The summed E-state index contributed by atoms with van der Waals surface area (Å²) in [6.07, 6.45) is 1.07. The Bertz CT molecular complexity index is 2070. The molecular formula is C34H43N5O11S3. The first-order valence-electron chi connectivity index (χ1n) is 17.1. The van der Waals surface area contributed by atoms with E-state index >= 15 is 0 Å². The summed E-state index contributed by atoms with van der Waals surface area (Å²) < 4.78 is 69.1. The topological polar surface area (TPSA) is 230 Å². The molecule has 1 unspecified atom stereocenters. The van der Waals surface area contributed by atoms with Crippen LogP contribution in [0.2, 0.25) is 0 Å². The molecule has 53 heavy (non-hydrogen) atoms. The maximum absolute atomic E-state index is 13.7. The number of likely N-dealkylation sites (tertiary alicyclic amines) is 1. The molecule has 19 heteroatoms. The zero-order chi connectivity index (χ0) is 38.9. The largest absolute Gasteiger partial charge is 0.466 e. The number of fused-ring (bicyclic) bond motifs is 3. The Morgan fingerprint density at radius 3 is 2.06 bits per heavy atom. The standard InChI is InChI=1S/C34H43N5O11S3/c1-5-50-33(43)21-6-11-38(12-7-21)28(40)19-39-20(2)34(3,4)25-18-24(30-23(29(25)39)8-13-51-30)22-16-26(31(41)35-9-14-52(44,45)46)37-27(17-22)32(42)36-10-15-53(47,48)49/h8,13,16-18,20-21H,5-7,9-12,14-15,19H2,1-4H3,(H,35,41)(H,36,42)(H,44,45,46)(H,47,48,49). The van der Waals surface area contributed by atoms with Gasteiger partial charge in [-0.25, -0.2) is 4.98 Å². The Morgan fingerprint density at radius 2 is 1.53 bits per heavy atom. The number of esters is 1. The van der Waals surface area contributed by atoms with Crippen LogP contribution in [0.5, 0.6) is 0 Å². The van der Waals surface area contributed by atoms with Crippen LogP contribution in [0, 0.1) is 5.92 Å². The molecule has 1 atom stereocenters. The summed E-state index contributed by atoms with van der Waals surface area (Å²) in [6.45, 7) is 8.42. The summed E-state index contributed by atoms with van der Waals surface area (Å²) in [6, 6.07) is 6.69. The number of piperidine rings is 1. The van der Waals surface area contributed by atoms with E-state index in [0.717, 1.165) is 21.3 Å². The van der Waals surface area contributed by atoms with Crippen LogP contribution < -0.4 is 15.5 Å². The number of carbonyl (C=O) groups is 4. The van der Waals surface area contributed by atoms with Gasteiger partial charge in [-0.05, 0) is 67.5 Å². The number of benzene rings is 1. The monoisotopic (exact) mass is 793 g/mol. The molecule has 2 aliphatic heterocycles. The maximum Gasteiger partial charge on any atom is 0.309 e. The molecule has 0 radical (unpaired) electrons. The van der Waals surface area contributed by atoms with Crippen LogP contribution in [0.4, 0.5) is 5.69 Å². The van der Waals surface area contributed by atoms with Crippen molar-refractivity contribution in [2.24, 2.45) is 5.92 Å². The fourth-order valence-electron chi connectivity index (χ4n) is 6.72. The highest BCUT2D eigenvalue weighted by Crippen LogP contribution is 2.52. The number of nitrogens with zero attached hydrogens (tertiary/aromatic N) is 3. The van der Waals surface area contributed by atoms with Crippen molar-refractivity contribution in [3.05, 3.63) is 46.6 Å². The number of aromatic nitrogens is 1. The van der Waals surface area contributed by atoms with Gasteiger partial charge in [0.25, 0.3) is 32.1 Å². The van der Waals surface area contributed by atoms with Crippen molar-refractivity contribution in [3.8, 4) is 11.1 Å². The molecule has 2 aromatic heterocycles. The third-order valence-corrected chi connectivity index (χ3v) is 12.3. The van der Waals surface area contributed by atoms with Crippen molar-refractivity contribution >= 4 is 71.0 Å². The van der Waals surface area contributed by atoms with Gasteiger partial charge in [0.15, 0.2) is 0 Å². The van der Waals surface area contributed by atoms with Crippen LogP contribution in [0.15, 0.2) is 29.6 Å². The zero-order valence-electron chi connectivity index (χ0n) is 29.7. The van der Waals surface area contributed by atoms with Crippen LogP contribution in [-0.2, 0) is 40.0 Å². The normalized spacial score (nSPS) is 17.4. The molecule has 1 fully saturated rings. The van der Waals surface area contributed by atoms with E-state index in [4.69, 9.17) is 13.8 Å². The summed E-state index contributed by atoms with van der Waals surface area (Å²) in [7, 11) is -8.75. The fraction of sp³-hybridized carbons (Fsp3) is 0.500. The van der Waals surface area contributed by atoms with Crippen molar-refractivity contribution in [2.75, 3.05) is 55.7 Å². The second-order valence-corrected chi connectivity index (χ2v) is 17.7. The lowest BCUT2D eigenvalue weighted by atomic mass is 9.80. The molecule has 2 aliphatic rings. The molecule has 1 aromatic carbocycles. The van der Waals surface area contributed by atoms with Gasteiger partial charge in [0.2, 0.25) is 5.91 Å². The fourth-order valence-corrected chi connectivity index (χ4v) is 8.38. The smallest absolute Gasteiger partial charge is 0.309 e. The van der Waals surface area contributed by atoms with Crippen LogP contribution in [-0.4, -0.2) is 116 Å². The van der Waals surface area contributed by atoms with Gasteiger partial charge in [-0.3, -0.25) is 28.3 Å². The van der Waals surface area contributed by atoms with Gasteiger partial charge in [-0.15, -0.1) is 11.3 Å². The third-order valence-electron chi connectivity index (χ3n) is 9.87. The average molecular weight is 794 g/mol. The summed E-state index contributed by atoms with van der Waals surface area (Å²) >= 11 is 1.42. The summed E-state index contributed by atoms with van der Waals surface area (Å²) in [5.74, 6) is -3.66. The number of ether oxygens (including phenoxy) is 1. The number of thiophene rings is 1. The summed E-state index contributed by atoms with van der Waals surface area (Å²) in [5, 5.41) is 7.50. The first-order chi connectivity index (χ1) is 24.8. The predicted octanol–water partition coefficient (Wildman–Crippen LogP) is 2.49. The lowest BCUT2D eigenvalue weighted by Gasteiger charge is -2.35. The summed E-state index contributed by atoms with van der Waals surface area (Å²) in [4.78, 5) is 60.4. The SMILES string of the molecule is CCOC(=O)C1CCN(C(=O)CN2c3c(cc(-c4cc(C(=O)NCCS(=O)(=O)O)nc(C(=O)NCCS(=O)(=O)O)c4)c4sccc34)C(C)(C)C2C)CC1. The molecule has 3 aromatic rings. The highest BCUT2D eigenvalue weighted by molar-refractivity contribution is 7.86. The predicted molar refractivity (Wildman–Crippen MR) is 198 cm³/mol. The van der Waals surface area contributed by atoms with Gasteiger partial charge in [0.05, 0.1) is 36.3 Å². The number of pyridine rings is 1. The van der Waals surface area contributed by atoms with E-state index in [9.17, 15) is 36.0 Å². The van der Waals surface area contributed by atoms with Crippen molar-refractivity contribution in [2.45, 2.75) is 52.0 Å². The quantitative estimate of drug-likeness (QED) is 0.144. The lowest BCUT2D eigenvalue weighted by molar-refractivity contribution is -0.151. The Hall–Kier alpha value is -4.17. The van der Waals surface area contributed by atoms with E-state index in [1.807, 2.05) is 17.5 Å². The second-order valence-electron chi connectivity index (χ2n) is 13.6. The number of anilines is 1. The molecule has 0 saturated carbocycles. The van der Waals surface area contributed by atoms with Crippen LogP contribution in [0.1, 0.15) is 67.1 Å². The molecule has 0 spiro atoms. The molecular weight excluding hydrogens is 751 g/mol. The average Bonchev–Trinajstić information content (AvgIpc) is 3.64. The maximum atomic E-state index is 13.7. The Balaban J connectivity index is 1.51. The molecule has 0 bridgehead atoms. The van der Waals surface area contributed by atoms with Crippen LogP contribution in [0.25, 0.3) is 21.2 Å². The zero-order valence-corrected chi connectivity index (χ0v) is 32.2. The van der Waals surface area contributed by atoms with Crippen molar-refractivity contribution < 1.29 is 49.9 Å². The van der Waals surface area contributed by atoms with Crippen molar-refractivity contribution in [3.63, 3.8) is 0 Å². The number of amides is 3. The van der Waals surface area contributed by atoms with E-state index < -0.39 is 62.1 Å². The third kappa shape index (κ3) is 9.14. The first kappa shape index (κ1) is 40.0. The molecule has 5 rings (SSSR count). The number of nitrogens with one attached hydrogen (secondary N) is 2. The van der Waals surface area contributed by atoms with Crippen molar-refractivity contribution in [1.29, 1.82) is 0 Å². The van der Waals surface area contributed by atoms with Gasteiger partial charge in [-0.2, -0.15) is 16.8 Å². The molecule has 288 valence electrons. The van der Waals surface area contributed by atoms with Gasteiger partial charge in [-0.1, -0.05) is 13.8 Å². The highest BCUT2D eigenvalue weighted by Gasteiger charge is 2.45. The van der Waals surface area contributed by atoms with Gasteiger partial charge >= 0.3 is 5.97 Å². The Kier molecular flexibility index (Phi) is 11.8. The molecule has 0 aliphatic carbocycles. The molecule has 3 amide bonds. The Labute approximate surface area is 311 Å². The van der Waals surface area contributed by atoms with E-state index in [1.54, 1.807) is 11.8 Å². The molecule has 1 saturated heterocycles. The van der Waals surface area contributed by atoms with Gasteiger partial charge in [0, 0.05) is 53.3 Å². The minimum Gasteiger partial charge on any atom is -0.466 e. The van der Waals surface area contributed by atoms with Gasteiger partial charge < -0.3 is 25.2 Å². The number of hydrogen-bond donors (Lipinski definition) is 4. The minimum atomic E-state index is -4.37. The van der Waals surface area contributed by atoms with Crippen LogP contribution in [0.3, 0.4) is 0 Å². The minimum absolute atomic E-state index is 0.0568. The van der Waals surface area contributed by atoms with E-state index in [2.05, 4.69) is 41.3 Å². The highest BCUT2D eigenvalue weighted by atomic mass is 32.2. The molecule has 16 nitrogen and oxygen atoms in total. The van der Waals surface area contributed by atoms with E-state index in [-0.39, 0.29) is 41.8 Å². The number of carbonyl (C=O) groups excluding carboxylic acids is 4. The Morgan fingerprint density at radius 1 is 0.962 bits per heavy atom. The molecule has 4 N–H and O–H groups in total. The van der Waals surface area contributed by atoms with E-state index in [1.165, 1.54) is 23.5 Å². The number of rotatable bonds is 13. The number of hydrogen-bond acceptors (Lipinski definition) is 12. The molecule has 4 heterocycles. The van der Waals surface area contributed by atoms with Crippen molar-refractivity contribution in [1.82, 2.24) is 20.5 Å². The van der Waals surface area contributed by atoms with E-state index in [0.29, 0.717) is 43.7 Å². The second kappa shape index (κ2) is 15.7. The van der Waals surface area contributed by atoms with Gasteiger partial charge in [0.1, 0.15) is 11.4 Å². The van der Waals surface area contributed by atoms with Crippen LogP contribution >= 0.6 is 11.3 Å².